The zero-order valence-corrected chi connectivity index (χ0v) is 25.8. The summed E-state index contributed by atoms with van der Waals surface area (Å²) in [6.45, 7) is 5.58. The lowest BCUT2D eigenvalue weighted by atomic mass is 9.67. The predicted octanol–water partition coefficient (Wildman–Crippen LogP) is 8.50. The third-order valence-electron chi connectivity index (χ3n) is 9.08. The maximum Gasteiger partial charge on any atom is 0.119 e. The highest BCUT2D eigenvalue weighted by atomic mass is 16.5. The van der Waals surface area contributed by atoms with E-state index in [-0.39, 0.29) is 13.2 Å². The molecule has 2 N–H and O–H groups in total. The highest BCUT2D eigenvalue weighted by Gasteiger charge is 2.46. The average molecular weight is 595 g/mol. The number of hydrogen-bond acceptors (Lipinski definition) is 4. The van der Waals surface area contributed by atoms with Crippen LogP contribution in [0, 0.1) is 13.8 Å². The van der Waals surface area contributed by atoms with E-state index in [1.54, 1.807) is 0 Å². The van der Waals surface area contributed by atoms with Crippen LogP contribution < -0.4 is 9.47 Å². The Morgan fingerprint density at radius 2 is 0.911 bits per heavy atom. The fraction of sp³-hybridized carbons (Fsp3) is 0.220. The first-order valence-electron chi connectivity index (χ1n) is 15.8. The first-order valence-corrected chi connectivity index (χ1v) is 15.8. The van der Waals surface area contributed by atoms with Gasteiger partial charge in [0.2, 0.25) is 0 Å². The number of benzene rings is 6. The highest BCUT2D eigenvalue weighted by molar-refractivity contribution is 5.92. The van der Waals surface area contributed by atoms with Crippen LogP contribution >= 0.6 is 0 Å². The summed E-state index contributed by atoms with van der Waals surface area (Å²) in [6.07, 6.45) is 1.22. The number of hydrogen-bond donors (Lipinski definition) is 2. The van der Waals surface area contributed by atoms with Crippen LogP contribution in [0.25, 0.3) is 32.7 Å². The predicted molar refractivity (Wildman–Crippen MR) is 183 cm³/mol. The number of rotatable bonds is 10. The van der Waals surface area contributed by atoms with Crippen molar-refractivity contribution in [2.24, 2.45) is 0 Å². The molecular formula is C41H38O4. The van der Waals surface area contributed by atoms with Gasteiger partial charge in [-0.2, -0.15) is 0 Å². The van der Waals surface area contributed by atoms with Gasteiger partial charge in [0.25, 0.3) is 0 Å². The van der Waals surface area contributed by atoms with Gasteiger partial charge in [0.15, 0.2) is 0 Å². The van der Waals surface area contributed by atoms with E-state index in [1.165, 1.54) is 44.5 Å². The molecule has 0 unspecified atom stereocenters. The summed E-state index contributed by atoms with van der Waals surface area (Å²) >= 11 is 0. The molecule has 0 fully saturated rings. The molecular weight excluding hydrogens is 556 g/mol. The number of aliphatic hydroxyl groups excluding tert-OH is 2. The van der Waals surface area contributed by atoms with Gasteiger partial charge in [0, 0.05) is 26.1 Å². The Balaban J connectivity index is 1.44. The number of aryl methyl sites for hydroxylation is 2. The van der Waals surface area contributed by atoms with Gasteiger partial charge in [-0.1, -0.05) is 83.9 Å². The van der Waals surface area contributed by atoms with E-state index in [4.69, 9.17) is 19.7 Å². The SMILES string of the molecule is Cc1ccc2c(c1)C(c1ccc3cc(OCCCO)ccc3c1)(c1ccc3cc(OCCCO)ccc3c1)c1cc(C)ccc1-2. The normalized spacial score (nSPS) is 13.2. The molecule has 0 atom stereocenters. The standard InChI is InChI=1S/C41H38O4/c1-27-5-15-37-38-16-6-28(2)22-40(38)41(39(37)21-27,33-11-7-31-25-35(44-19-3-17-42)13-9-29(31)23-33)34-12-8-32-26-36(45-20-4-18-43)14-10-30(32)24-34/h5-16,21-26,42-43H,3-4,17-20H2,1-2H3. The van der Waals surface area contributed by atoms with Gasteiger partial charge < -0.3 is 19.7 Å². The molecule has 0 spiro atoms. The van der Waals surface area contributed by atoms with Crippen LogP contribution in [0.2, 0.25) is 0 Å². The molecule has 0 saturated heterocycles. The molecule has 0 heterocycles. The summed E-state index contributed by atoms with van der Waals surface area (Å²) in [7, 11) is 0. The second-order valence-electron chi connectivity index (χ2n) is 12.1. The minimum Gasteiger partial charge on any atom is -0.493 e. The molecule has 226 valence electrons. The lowest BCUT2D eigenvalue weighted by Crippen LogP contribution is -2.28. The van der Waals surface area contributed by atoms with Crippen LogP contribution in [0.5, 0.6) is 11.5 Å². The molecule has 1 aliphatic carbocycles. The molecule has 7 rings (SSSR count). The van der Waals surface area contributed by atoms with E-state index in [0.29, 0.717) is 26.1 Å². The monoisotopic (exact) mass is 594 g/mol. The zero-order chi connectivity index (χ0) is 31.0. The lowest BCUT2D eigenvalue weighted by molar-refractivity contribution is 0.233. The Kier molecular flexibility index (Phi) is 7.78. The second kappa shape index (κ2) is 12.0. The first kappa shape index (κ1) is 29.1. The first-order chi connectivity index (χ1) is 22.0. The van der Waals surface area contributed by atoms with Gasteiger partial charge in [0.05, 0.1) is 18.6 Å². The summed E-state index contributed by atoms with van der Waals surface area (Å²) in [6, 6.07) is 39.9. The molecule has 6 aromatic rings. The summed E-state index contributed by atoms with van der Waals surface area (Å²) in [5.74, 6) is 1.63. The molecule has 0 amide bonds. The maximum absolute atomic E-state index is 9.16. The van der Waals surface area contributed by atoms with Crippen LogP contribution in [0.15, 0.2) is 109 Å². The molecule has 4 nitrogen and oxygen atoms in total. The summed E-state index contributed by atoms with van der Waals surface area (Å²) in [5, 5.41) is 22.9. The molecule has 1 aliphatic rings. The Morgan fingerprint density at radius 3 is 1.36 bits per heavy atom. The van der Waals surface area contributed by atoms with Crippen LogP contribution in [0.3, 0.4) is 0 Å². The Labute approximate surface area is 264 Å². The summed E-state index contributed by atoms with van der Waals surface area (Å²) < 4.78 is 11.8. The molecule has 0 aliphatic heterocycles. The van der Waals surface area contributed by atoms with Crippen LogP contribution in [-0.2, 0) is 5.41 Å². The largest absolute Gasteiger partial charge is 0.493 e. The highest BCUT2D eigenvalue weighted by Crippen LogP contribution is 2.57. The van der Waals surface area contributed by atoms with Gasteiger partial charge in [-0.15, -0.1) is 0 Å². The summed E-state index contributed by atoms with van der Waals surface area (Å²) in [5.41, 5.74) is 9.55. The smallest absolute Gasteiger partial charge is 0.119 e. The van der Waals surface area contributed by atoms with Crippen molar-refractivity contribution in [1.29, 1.82) is 0 Å². The second-order valence-corrected chi connectivity index (χ2v) is 12.1. The van der Waals surface area contributed by atoms with Crippen molar-refractivity contribution >= 4 is 21.5 Å². The van der Waals surface area contributed by atoms with E-state index in [2.05, 4.69) is 111 Å². The molecule has 45 heavy (non-hydrogen) atoms. The van der Waals surface area contributed by atoms with E-state index < -0.39 is 5.41 Å². The summed E-state index contributed by atoms with van der Waals surface area (Å²) in [4.78, 5) is 0. The topological polar surface area (TPSA) is 58.9 Å². The minimum atomic E-state index is -0.516. The fourth-order valence-corrected chi connectivity index (χ4v) is 6.94. The van der Waals surface area contributed by atoms with E-state index >= 15 is 0 Å². The van der Waals surface area contributed by atoms with Gasteiger partial charge in [0.1, 0.15) is 11.5 Å². The van der Waals surface area contributed by atoms with Crippen molar-refractivity contribution in [2.75, 3.05) is 26.4 Å². The van der Waals surface area contributed by atoms with Crippen molar-refractivity contribution < 1.29 is 19.7 Å². The number of aliphatic hydroxyl groups is 2. The Hall–Kier alpha value is -4.64. The fourth-order valence-electron chi connectivity index (χ4n) is 6.94. The van der Waals surface area contributed by atoms with E-state index in [0.717, 1.165) is 33.0 Å². The van der Waals surface area contributed by atoms with E-state index in [9.17, 15) is 0 Å². The Morgan fingerprint density at radius 1 is 0.489 bits per heavy atom. The van der Waals surface area contributed by atoms with Crippen molar-refractivity contribution in [3.8, 4) is 22.6 Å². The Bertz CT molecular complexity index is 1880. The molecule has 4 heteroatoms. The van der Waals surface area contributed by atoms with Crippen LogP contribution in [0.4, 0.5) is 0 Å². The van der Waals surface area contributed by atoms with Crippen molar-refractivity contribution in [3.05, 3.63) is 143 Å². The van der Waals surface area contributed by atoms with Gasteiger partial charge in [-0.05, 0) is 105 Å². The lowest BCUT2D eigenvalue weighted by Gasteiger charge is -2.34. The number of fused-ring (bicyclic) bond motifs is 5. The van der Waals surface area contributed by atoms with Gasteiger partial charge in [-0.25, -0.2) is 0 Å². The van der Waals surface area contributed by atoms with Crippen LogP contribution in [0.1, 0.15) is 46.2 Å². The van der Waals surface area contributed by atoms with Crippen molar-refractivity contribution in [3.63, 3.8) is 0 Å². The average Bonchev–Trinajstić information content (AvgIpc) is 3.33. The van der Waals surface area contributed by atoms with Gasteiger partial charge in [-0.3, -0.25) is 0 Å². The number of ether oxygens (including phenoxy) is 2. The molecule has 0 radical (unpaired) electrons. The minimum absolute atomic E-state index is 0.120. The molecule has 0 saturated carbocycles. The zero-order valence-electron chi connectivity index (χ0n) is 25.8. The van der Waals surface area contributed by atoms with E-state index in [1.807, 2.05) is 12.1 Å². The molecule has 0 aromatic heterocycles. The van der Waals surface area contributed by atoms with Gasteiger partial charge >= 0.3 is 0 Å². The van der Waals surface area contributed by atoms with Crippen molar-refractivity contribution in [2.45, 2.75) is 32.1 Å². The third-order valence-corrected chi connectivity index (χ3v) is 9.08. The molecule has 6 aromatic carbocycles. The third kappa shape index (κ3) is 5.14. The van der Waals surface area contributed by atoms with Crippen molar-refractivity contribution in [1.82, 2.24) is 0 Å². The molecule has 0 bridgehead atoms. The maximum atomic E-state index is 9.16. The van der Waals surface area contributed by atoms with Crippen LogP contribution in [-0.4, -0.2) is 36.6 Å². The quantitative estimate of drug-likeness (QED) is 0.156.